The second-order valence-electron chi connectivity index (χ2n) is 5.43. The van der Waals surface area contributed by atoms with Gasteiger partial charge in [0, 0.05) is 25.4 Å². The Labute approximate surface area is 126 Å². The molecule has 1 aliphatic rings. The van der Waals surface area contributed by atoms with Crippen molar-refractivity contribution in [2.45, 2.75) is 36.9 Å². The van der Waals surface area contributed by atoms with Gasteiger partial charge in [0.15, 0.2) is 0 Å². The fourth-order valence-corrected chi connectivity index (χ4v) is 4.15. The van der Waals surface area contributed by atoms with Gasteiger partial charge in [0.2, 0.25) is 10.0 Å². The summed E-state index contributed by atoms with van der Waals surface area (Å²) in [5.41, 5.74) is -1.13. The van der Waals surface area contributed by atoms with Gasteiger partial charge in [0.1, 0.15) is 10.6 Å². The van der Waals surface area contributed by atoms with E-state index in [-0.39, 0.29) is 30.0 Å². The molecule has 2 rings (SSSR count). The summed E-state index contributed by atoms with van der Waals surface area (Å²) < 4.78 is 63.7. The molecule has 1 aromatic heterocycles. The number of piperidine rings is 1. The summed E-state index contributed by atoms with van der Waals surface area (Å²) in [7, 11) is -3.92. The third kappa shape index (κ3) is 3.41. The molecule has 0 amide bonds. The second kappa shape index (κ2) is 6.13. The van der Waals surface area contributed by atoms with Crippen LogP contribution in [0.3, 0.4) is 0 Å². The number of aromatic nitrogens is 1. The minimum Gasteiger partial charge on any atom is -0.396 e. The number of hydrogen-bond acceptors (Lipinski definition) is 4. The molecule has 0 aromatic carbocycles. The van der Waals surface area contributed by atoms with Crippen LogP contribution in [0.4, 0.5) is 13.2 Å². The van der Waals surface area contributed by atoms with Crippen LogP contribution in [0.25, 0.3) is 0 Å². The van der Waals surface area contributed by atoms with Crippen LogP contribution in [0.2, 0.25) is 0 Å². The van der Waals surface area contributed by atoms with Crippen molar-refractivity contribution in [3.63, 3.8) is 0 Å². The number of rotatable bonds is 3. The molecule has 124 valence electrons. The predicted molar refractivity (Wildman–Crippen MR) is 72.4 cm³/mol. The first kappa shape index (κ1) is 17.2. The van der Waals surface area contributed by atoms with Crippen LogP contribution >= 0.6 is 0 Å². The van der Waals surface area contributed by atoms with E-state index in [1.54, 1.807) is 6.92 Å². The average Bonchev–Trinajstić information content (AvgIpc) is 2.47. The van der Waals surface area contributed by atoms with Crippen molar-refractivity contribution < 1.29 is 26.7 Å². The van der Waals surface area contributed by atoms with E-state index in [1.807, 2.05) is 0 Å². The molecular formula is C13H17F3N2O3S. The Morgan fingerprint density at radius 2 is 2.05 bits per heavy atom. The van der Waals surface area contributed by atoms with Crippen molar-refractivity contribution in [3.05, 3.63) is 24.0 Å². The van der Waals surface area contributed by atoms with Crippen LogP contribution in [0.1, 0.15) is 25.5 Å². The molecule has 0 bridgehead atoms. The summed E-state index contributed by atoms with van der Waals surface area (Å²) in [6, 6.07) is 1.31. The molecule has 0 radical (unpaired) electrons. The molecule has 5 nitrogen and oxygen atoms in total. The summed E-state index contributed by atoms with van der Waals surface area (Å²) >= 11 is 0. The highest BCUT2D eigenvalue weighted by Gasteiger charge is 2.36. The molecule has 2 atom stereocenters. The van der Waals surface area contributed by atoms with Crippen LogP contribution < -0.4 is 0 Å². The molecule has 1 aliphatic heterocycles. The monoisotopic (exact) mass is 338 g/mol. The van der Waals surface area contributed by atoms with Gasteiger partial charge in [-0.2, -0.15) is 17.5 Å². The van der Waals surface area contributed by atoms with Crippen LogP contribution in [-0.4, -0.2) is 42.0 Å². The average molecular weight is 338 g/mol. The maximum atomic E-state index is 12.5. The number of aliphatic hydroxyl groups is 1. The summed E-state index contributed by atoms with van der Waals surface area (Å²) in [5, 5.41) is 9.20. The summed E-state index contributed by atoms with van der Waals surface area (Å²) in [6.45, 7) is 1.77. The van der Waals surface area contributed by atoms with E-state index in [0.29, 0.717) is 12.5 Å². The Bertz CT molecular complexity index is 616. The SMILES string of the molecule is C[C@@H]1CC[C@@H](CO)CN1S(=O)(=O)c1ccc(C(F)(F)F)nc1. The summed E-state index contributed by atoms with van der Waals surface area (Å²) in [5.74, 6) is -0.159. The highest BCUT2D eigenvalue weighted by atomic mass is 32.2. The third-order valence-electron chi connectivity index (χ3n) is 3.81. The topological polar surface area (TPSA) is 70.5 Å². The minimum atomic E-state index is -4.61. The van der Waals surface area contributed by atoms with Crippen molar-refractivity contribution in [2.24, 2.45) is 5.92 Å². The highest BCUT2D eigenvalue weighted by molar-refractivity contribution is 7.89. The van der Waals surface area contributed by atoms with E-state index >= 15 is 0 Å². The smallest absolute Gasteiger partial charge is 0.396 e. The van der Waals surface area contributed by atoms with Gasteiger partial charge in [-0.25, -0.2) is 8.42 Å². The van der Waals surface area contributed by atoms with Crippen LogP contribution in [0.5, 0.6) is 0 Å². The molecule has 0 saturated carbocycles. The lowest BCUT2D eigenvalue weighted by atomic mass is 9.96. The quantitative estimate of drug-likeness (QED) is 0.914. The lowest BCUT2D eigenvalue weighted by molar-refractivity contribution is -0.141. The predicted octanol–water partition coefficient (Wildman–Crippen LogP) is 1.88. The zero-order valence-electron chi connectivity index (χ0n) is 11.9. The largest absolute Gasteiger partial charge is 0.433 e. The van der Waals surface area contributed by atoms with Gasteiger partial charge in [-0.05, 0) is 37.8 Å². The fraction of sp³-hybridized carbons (Fsp3) is 0.615. The molecule has 22 heavy (non-hydrogen) atoms. The first-order valence-corrected chi connectivity index (χ1v) is 8.26. The Hall–Kier alpha value is -1.19. The van der Waals surface area contributed by atoms with E-state index in [0.717, 1.165) is 18.7 Å². The van der Waals surface area contributed by atoms with E-state index in [9.17, 15) is 26.7 Å². The molecule has 1 N–H and O–H groups in total. The Morgan fingerprint density at radius 1 is 1.36 bits per heavy atom. The van der Waals surface area contributed by atoms with Gasteiger partial charge < -0.3 is 5.11 Å². The first-order chi connectivity index (χ1) is 10.2. The zero-order chi connectivity index (χ0) is 16.5. The molecule has 0 aliphatic carbocycles. The standard InChI is InChI=1S/C13H17F3N2O3S/c1-9-2-3-10(8-19)7-18(9)22(20,21)11-4-5-12(17-6-11)13(14,15)16/h4-6,9-10,19H,2-3,7-8H2,1H3/t9-,10-/m1/s1. The maximum Gasteiger partial charge on any atom is 0.433 e. The van der Waals surface area contributed by atoms with E-state index in [2.05, 4.69) is 4.98 Å². The van der Waals surface area contributed by atoms with Crippen LogP contribution in [0, 0.1) is 5.92 Å². The lowest BCUT2D eigenvalue weighted by Gasteiger charge is -2.36. The Morgan fingerprint density at radius 3 is 2.55 bits per heavy atom. The van der Waals surface area contributed by atoms with Gasteiger partial charge in [-0.15, -0.1) is 0 Å². The number of halogens is 3. The highest BCUT2D eigenvalue weighted by Crippen LogP contribution is 2.30. The van der Waals surface area contributed by atoms with Gasteiger partial charge >= 0.3 is 6.18 Å². The van der Waals surface area contributed by atoms with E-state index in [4.69, 9.17) is 0 Å². The van der Waals surface area contributed by atoms with Gasteiger partial charge in [0.25, 0.3) is 0 Å². The molecule has 1 aromatic rings. The van der Waals surface area contributed by atoms with E-state index < -0.39 is 21.9 Å². The van der Waals surface area contributed by atoms with Crippen LogP contribution in [-0.2, 0) is 16.2 Å². The lowest BCUT2D eigenvalue weighted by Crippen LogP contribution is -2.46. The van der Waals surface area contributed by atoms with E-state index in [1.165, 1.54) is 4.31 Å². The van der Waals surface area contributed by atoms with Crippen LogP contribution in [0.15, 0.2) is 23.2 Å². The molecule has 1 fully saturated rings. The first-order valence-electron chi connectivity index (χ1n) is 6.82. The molecule has 2 heterocycles. The summed E-state index contributed by atoms with van der Waals surface area (Å²) in [4.78, 5) is 2.92. The Balaban J connectivity index is 2.29. The summed E-state index contributed by atoms with van der Waals surface area (Å²) in [6.07, 6.45) is -2.57. The van der Waals surface area contributed by atoms with Gasteiger partial charge in [0.05, 0.1) is 0 Å². The van der Waals surface area contributed by atoms with Crippen molar-refractivity contribution in [3.8, 4) is 0 Å². The van der Waals surface area contributed by atoms with Crippen molar-refractivity contribution in [1.29, 1.82) is 0 Å². The number of nitrogens with zero attached hydrogens (tertiary/aromatic N) is 2. The minimum absolute atomic E-state index is 0.121. The third-order valence-corrected chi connectivity index (χ3v) is 5.78. The second-order valence-corrected chi connectivity index (χ2v) is 7.32. The maximum absolute atomic E-state index is 12.5. The fourth-order valence-electron chi connectivity index (χ4n) is 2.47. The molecule has 1 saturated heterocycles. The molecule has 0 spiro atoms. The van der Waals surface area contributed by atoms with Gasteiger partial charge in [-0.1, -0.05) is 0 Å². The normalized spacial score (nSPS) is 24.4. The molecule has 9 heteroatoms. The Kier molecular flexibility index (Phi) is 4.78. The number of hydrogen-bond donors (Lipinski definition) is 1. The number of alkyl halides is 3. The number of aliphatic hydroxyl groups excluding tert-OH is 1. The van der Waals surface area contributed by atoms with Gasteiger partial charge in [-0.3, -0.25) is 4.98 Å². The van der Waals surface area contributed by atoms with Crippen molar-refractivity contribution >= 4 is 10.0 Å². The van der Waals surface area contributed by atoms with Crippen molar-refractivity contribution in [2.75, 3.05) is 13.2 Å². The van der Waals surface area contributed by atoms with Crippen molar-refractivity contribution in [1.82, 2.24) is 9.29 Å². The number of sulfonamides is 1. The number of pyridine rings is 1. The molecular weight excluding hydrogens is 321 g/mol. The zero-order valence-corrected chi connectivity index (χ0v) is 12.7. The molecule has 0 unspecified atom stereocenters.